The van der Waals surface area contributed by atoms with Gasteiger partial charge in [0, 0.05) is 54.0 Å². The molecule has 5 rings (SSSR count). The van der Waals surface area contributed by atoms with Crippen LogP contribution < -0.4 is 16.0 Å². The van der Waals surface area contributed by atoms with E-state index >= 15 is 0 Å². The van der Waals surface area contributed by atoms with Crippen LogP contribution in [-0.2, 0) is 4.74 Å². The molecule has 160 valence electrons. The fraction of sp³-hybridized carbons (Fsp3) is 0.167. The number of carbonyl (C=O) groups is 1. The van der Waals surface area contributed by atoms with E-state index in [-0.39, 0.29) is 5.56 Å². The van der Waals surface area contributed by atoms with E-state index in [0.717, 1.165) is 54.0 Å². The fourth-order valence-corrected chi connectivity index (χ4v) is 3.78. The third-order valence-electron chi connectivity index (χ3n) is 5.47. The van der Waals surface area contributed by atoms with Gasteiger partial charge < -0.3 is 20.7 Å². The van der Waals surface area contributed by atoms with Crippen molar-refractivity contribution in [3.63, 3.8) is 0 Å². The number of rotatable bonds is 5. The van der Waals surface area contributed by atoms with Gasteiger partial charge in [-0.3, -0.25) is 9.78 Å². The van der Waals surface area contributed by atoms with Gasteiger partial charge in [0.1, 0.15) is 0 Å². The third kappa shape index (κ3) is 4.08. The van der Waals surface area contributed by atoms with Gasteiger partial charge in [-0.1, -0.05) is 12.1 Å². The van der Waals surface area contributed by atoms with Gasteiger partial charge in [0.25, 0.3) is 5.91 Å². The van der Waals surface area contributed by atoms with Crippen LogP contribution in [0.1, 0.15) is 10.4 Å². The first-order valence-electron chi connectivity index (χ1n) is 10.4. The minimum absolute atomic E-state index is 0.265. The summed E-state index contributed by atoms with van der Waals surface area (Å²) >= 11 is 0. The molecule has 0 aliphatic carbocycles. The summed E-state index contributed by atoms with van der Waals surface area (Å²) in [4.78, 5) is 27.4. The minimum Gasteiger partial charge on any atom is -0.378 e. The first-order valence-corrected chi connectivity index (χ1v) is 10.4. The molecule has 3 N–H and O–H groups in total. The molecule has 0 bridgehead atoms. The molecule has 8 heteroatoms. The first-order chi connectivity index (χ1) is 15.7. The lowest BCUT2D eigenvalue weighted by molar-refractivity contribution is 0.100. The average Bonchev–Trinajstić information content (AvgIpc) is 2.84. The Hall–Kier alpha value is -4.04. The molecule has 1 aliphatic heterocycles. The van der Waals surface area contributed by atoms with E-state index < -0.39 is 5.91 Å². The highest BCUT2D eigenvalue weighted by atomic mass is 16.5. The molecule has 2 aromatic carbocycles. The second-order valence-corrected chi connectivity index (χ2v) is 7.53. The molecular weight excluding hydrogens is 404 g/mol. The van der Waals surface area contributed by atoms with E-state index in [1.54, 1.807) is 12.4 Å². The van der Waals surface area contributed by atoms with E-state index in [0.29, 0.717) is 11.6 Å². The number of aromatic nitrogens is 3. The first kappa shape index (κ1) is 19.9. The number of hydrogen-bond acceptors (Lipinski definition) is 7. The predicted molar refractivity (Wildman–Crippen MR) is 124 cm³/mol. The smallest absolute Gasteiger partial charge is 0.252 e. The van der Waals surface area contributed by atoms with E-state index in [4.69, 9.17) is 10.5 Å². The topological polar surface area (TPSA) is 106 Å². The van der Waals surface area contributed by atoms with Crippen molar-refractivity contribution in [2.75, 3.05) is 36.5 Å². The summed E-state index contributed by atoms with van der Waals surface area (Å²) in [6.45, 7) is 3.26. The Bertz CT molecular complexity index is 1270. The van der Waals surface area contributed by atoms with Gasteiger partial charge in [-0.05, 0) is 41.8 Å². The van der Waals surface area contributed by atoms with Crippen LogP contribution in [-0.4, -0.2) is 47.2 Å². The highest BCUT2D eigenvalue weighted by molar-refractivity contribution is 5.99. The number of hydrogen-bond donors (Lipinski definition) is 2. The van der Waals surface area contributed by atoms with Crippen molar-refractivity contribution in [3.05, 3.63) is 72.7 Å². The average molecular weight is 426 g/mol. The van der Waals surface area contributed by atoms with Gasteiger partial charge in [0.05, 0.1) is 24.5 Å². The number of morpholine rings is 1. The Morgan fingerprint density at radius 1 is 1.00 bits per heavy atom. The highest BCUT2D eigenvalue weighted by Gasteiger charge is 2.15. The number of nitrogens with one attached hydrogen (secondary N) is 1. The molecule has 4 aromatic rings. The number of nitrogens with two attached hydrogens (primary N) is 1. The van der Waals surface area contributed by atoms with E-state index in [1.807, 2.05) is 36.4 Å². The van der Waals surface area contributed by atoms with Crippen molar-refractivity contribution >= 4 is 34.0 Å². The molecule has 1 amide bonds. The van der Waals surface area contributed by atoms with Crippen LogP contribution in [0.4, 0.5) is 17.3 Å². The zero-order valence-corrected chi connectivity index (χ0v) is 17.4. The summed E-state index contributed by atoms with van der Waals surface area (Å²) < 4.78 is 5.41. The van der Waals surface area contributed by atoms with Crippen molar-refractivity contribution < 1.29 is 9.53 Å². The summed E-state index contributed by atoms with van der Waals surface area (Å²) in [6.07, 6.45) is 4.98. The van der Waals surface area contributed by atoms with Crippen LogP contribution in [0.2, 0.25) is 0 Å². The zero-order valence-electron chi connectivity index (χ0n) is 17.4. The summed E-state index contributed by atoms with van der Waals surface area (Å²) in [7, 11) is 0. The Kier molecular flexibility index (Phi) is 5.35. The number of benzene rings is 2. The Labute approximate surface area is 185 Å². The van der Waals surface area contributed by atoms with E-state index in [1.165, 1.54) is 6.20 Å². The van der Waals surface area contributed by atoms with Gasteiger partial charge in [0.2, 0.25) is 5.95 Å². The fourth-order valence-electron chi connectivity index (χ4n) is 3.78. The Morgan fingerprint density at radius 3 is 2.59 bits per heavy atom. The molecule has 1 aliphatic rings. The number of primary amides is 1. The van der Waals surface area contributed by atoms with Crippen molar-refractivity contribution in [2.45, 2.75) is 0 Å². The van der Waals surface area contributed by atoms with E-state index in [2.05, 4.69) is 37.3 Å². The number of carbonyl (C=O) groups excluding carboxylic acids is 1. The molecule has 0 spiro atoms. The second-order valence-electron chi connectivity index (χ2n) is 7.53. The van der Waals surface area contributed by atoms with Crippen molar-refractivity contribution in [2.24, 2.45) is 5.73 Å². The summed E-state index contributed by atoms with van der Waals surface area (Å²) in [6, 6.07) is 15.8. The molecule has 0 unspecified atom stereocenters. The third-order valence-corrected chi connectivity index (χ3v) is 5.47. The normalized spacial score (nSPS) is 13.8. The van der Waals surface area contributed by atoms with Gasteiger partial charge in [-0.15, -0.1) is 0 Å². The van der Waals surface area contributed by atoms with Gasteiger partial charge in [-0.25, -0.2) is 9.97 Å². The lowest BCUT2D eigenvalue weighted by Gasteiger charge is -2.28. The van der Waals surface area contributed by atoms with Crippen LogP contribution in [0.5, 0.6) is 0 Å². The van der Waals surface area contributed by atoms with Crippen molar-refractivity contribution in [3.8, 4) is 11.3 Å². The summed E-state index contributed by atoms with van der Waals surface area (Å²) in [5.74, 6) is -0.192. The minimum atomic E-state index is -0.576. The number of fused-ring (bicyclic) bond motifs is 1. The maximum Gasteiger partial charge on any atom is 0.252 e. The van der Waals surface area contributed by atoms with Crippen LogP contribution in [0.3, 0.4) is 0 Å². The molecule has 2 aromatic heterocycles. The maximum absolute atomic E-state index is 12.0. The standard InChI is InChI=1S/C24H22N6O2/c25-23(31)21-15-27-24(28-19-3-5-20(6-4-19)30-9-11-32-12-10-30)29-22(21)17-2-1-16-7-8-26-14-18(16)13-17/h1-8,13-15H,9-12H2,(H2,25,31)(H,27,28,29). The predicted octanol–water partition coefficient (Wildman–Crippen LogP) is 3.37. The largest absolute Gasteiger partial charge is 0.378 e. The van der Waals surface area contributed by atoms with Crippen molar-refractivity contribution in [1.82, 2.24) is 15.0 Å². The van der Waals surface area contributed by atoms with Crippen LogP contribution in [0.15, 0.2) is 67.1 Å². The lowest BCUT2D eigenvalue weighted by atomic mass is 10.0. The number of anilines is 3. The number of amides is 1. The van der Waals surface area contributed by atoms with Crippen LogP contribution in [0, 0.1) is 0 Å². The van der Waals surface area contributed by atoms with Gasteiger partial charge in [-0.2, -0.15) is 0 Å². The Balaban J connectivity index is 1.44. The molecular formula is C24H22N6O2. The van der Waals surface area contributed by atoms with Gasteiger partial charge in [0.15, 0.2) is 0 Å². The Morgan fingerprint density at radius 2 is 1.81 bits per heavy atom. The van der Waals surface area contributed by atoms with Gasteiger partial charge >= 0.3 is 0 Å². The molecule has 0 saturated carbocycles. The SMILES string of the molecule is NC(=O)c1cnc(Nc2ccc(N3CCOCC3)cc2)nc1-c1ccc2ccncc2c1. The van der Waals surface area contributed by atoms with Crippen LogP contribution in [0.25, 0.3) is 22.0 Å². The monoisotopic (exact) mass is 426 g/mol. The summed E-state index contributed by atoms with van der Waals surface area (Å²) in [5.41, 5.74) is 9.10. The highest BCUT2D eigenvalue weighted by Crippen LogP contribution is 2.27. The molecule has 1 fully saturated rings. The molecule has 32 heavy (non-hydrogen) atoms. The molecule has 0 radical (unpaired) electrons. The molecule has 8 nitrogen and oxygen atoms in total. The lowest BCUT2D eigenvalue weighted by Crippen LogP contribution is -2.36. The quantitative estimate of drug-likeness (QED) is 0.504. The van der Waals surface area contributed by atoms with E-state index in [9.17, 15) is 4.79 Å². The van der Waals surface area contributed by atoms with Crippen LogP contribution >= 0.6 is 0 Å². The number of pyridine rings is 1. The molecule has 0 atom stereocenters. The number of ether oxygens (including phenoxy) is 1. The number of nitrogens with zero attached hydrogens (tertiary/aromatic N) is 4. The van der Waals surface area contributed by atoms with Crippen molar-refractivity contribution in [1.29, 1.82) is 0 Å². The zero-order chi connectivity index (χ0) is 21.9. The second kappa shape index (κ2) is 8.60. The summed E-state index contributed by atoms with van der Waals surface area (Å²) in [5, 5.41) is 5.22. The molecule has 1 saturated heterocycles. The maximum atomic E-state index is 12.0. The molecule has 3 heterocycles.